The molecule has 3 heterocycles. The van der Waals surface area contributed by atoms with E-state index in [1.54, 1.807) is 32.3 Å². The zero-order chi connectivity index (χ0) is 20.4. The Morgan fingerprint density at radius 3 is 2.83 bits per heavy atom. The third-order valence-electron chi connectivity index (χ3n) is 4.71. The number of carbonyl (C=O) groups excluding carboxylic acids is 1. The average Bonchev–Trinajstić information content (AvgIpc) is 3.17. The molecule has 1 aliphatic heterocycles. The van der Waals surface area contributed by atoms with Gasteiger partial charge in [-0.2, -0.15) is 4.98 Å². The van der Waals surface area contributed by atoms with Crippen molar-refractivity contribution in [1.29, 1.82) is 0 Å². The number of nitrogens with one attached hydrogen (secondary N) is 1. The van der Waals surface area contributed by atoms with Gasteiger partial charge in [-0.25, -0.2) is 4.98 Å². The monoisotopic (exact) mass is 395 g/mol. The number of anilines is 1. The zero-order valence-corrected chi connectivity index (χ0v) is 16.0. The van der Waals surface area contributed by atoms with Crippen LogP contribution in [0, 0.1) is 0 Å². The van der Waals surface area contributed by atoms with Crippen LogP contribution in [0.15, 0.2) is 53.2 Å². The Morgan fingerprint density at radius 1 is 1.24 bits per heavy atom. The minimum atomic E-state index is -1.30. The van der Waals surface area contributed by atoms with Crippen molar-refractivity contribution in [3.05, 3.63) is 65.9 Å². The van der Waals surface area contributed by atoms with Crippen LogP contribution in [0.3, 0.4) is 0 Å². The second kappa shape index (κ2) is 7.98. The van der Waals surface area contributed by atoms with Crippen molar-refractivity contribution in [3.63, 3.8) is 0 Å². The molecule has 1 amide bonds. The first-order chi connectivity index (χ1) is 14.0. The maximum absolute atomic E-state index is 12.9. The summed E-state index contributed by atoms with van der Waals surface area (Å²) in [5.74, 6) is 1.06. The molecule has 2 N–H and O–H groups in total. The van der Waals surface area contributed by atoms with Gasteiger partial charge in [0.05, 0.1) is 6.42 Å². The normalized spacial score (nSPS) is 20.0. The summed E-state index contributed by atoms with van der Waals surface area (Å²) >= 11 is 0. The summed E-state index contributed by atoms with van der Waals surface area (Å²) in [5, 5.41) is 17.2. The van der Waals surface area contributed by atoms with Crippen molar-refractivity contribution < 1.29 is 19.2 Å². The number of aliphatic hydroxyl groups is 1. The van der Waals surface area contributed by atoms with Crippen LogP contribution in [-0.4, -0.2) is 45.3 Å². The number of rotatable bonds is 5. The first kappa shape index (κ1) is 19.0. The van der Waals surface area contributed by atoms with Gasteiger partial charge in [-0.3, -0.25) is 15.0 Å². The number of hydrogen-bond acceptors (Lipinski definition) is 8. The molecule has 0 radical (unpaired) electrons. The third kappa shape index (κ3) is 3.96. The molecule has 150 valence electrons. The van der Waals surface area contributed by atoms with Crippen LogP contribution in [0.25, 0.3) is 0 Å². The van der Waals surface area contributed by atoms with Gasteiger partial charge in [0.1, 0.15) is 12.1 Å². The van der Waals surface area contributed by atoms with Gasteiger partial charge in [0.15, 0.2) is 17.8 Å². The summed E-state index contributed by atoms with van der Waals surface area (Å²) in [7, 11) is 1.61. The van der Waals surface area contributed by atoms with Gasteiger partial charge in [-0.15, -0.1) is 0 Å². The SMILES string of the molecule is C[C@H]1Oc2cccnc2N(C)C(=O)[C@H]1NC(O)c1noc(Cc2ccccc2)n1. The van der Waals surface area contributed by atoms with Crippen molar-refractivity contribution in [3.8, 4) is 5.75 Å². The minimum Gasteiger partial charge on any atom is -0.485 e. The van der Waals surface area contributed by atoms with E-state index in [-0.39, 0.29) is 11.7 Å². The van der Waals surface area contributed by atoms with Crippen LogP contribution in [0.4, 0.5) is 5.82 Å². The number of aromatic nitrogens is 3. The van der Waals surface area contributed by atoms with E-state index in [4.69, 9.17) is 9.26 Å². The van der Waals surface area contributed by atoms with Gasteiger partial charge < -0.3 is 14.4 Å². The van der Waals surface area contributed by atoms with E-state index in [1.807, 2.05) is 30.3 Å². The summed E-state index contributed by atoms with van der Waals surface area (Å²) < 4.78 is 11.1. The van der Waals surface area contributed by atoms with E-state index in [0.29, 0.717) is 23.9 Å². The highest BCUT2D eigenvalue weighted by molar-refractivity contribution is 5.98. The topological polar surface area (TPSA) is 114 Å². The lowest BCUT2D eigenvalue weighted by Crippen LogP contribution is -2.52. The summed E-state index contributed by atoms with van der Waals surface area (Å²) in [5.41, 5.74) is 1.01. The van der Waals surface area contributed by atoms with Crippen LogP contribution < -0.4 is 15.0 Å². The molecule has 3 aromatic rings. The number of carbonyl (C=O) groups is 1. The van der Waals surface area contributed by atoms with Crippen LogP contribution in [-0.2, 0) is 11.2 Å². The van der Waals surface area contributed by atoms with Gasteiger partial charge >= 0.3 is 0 Å². The number of fused-ring (bicyclic) bond motifs is 1. The quantitative estimate of drug-likeness (QED) is 0.624. The molecule has 9 heteroatoms. The van der Waals surface area contributed by atoms with Gasteiger partial charge in [0.25, 0.3) is 0 Å². The third-order valence-corrected chi connectivity index (χ3v) is 4.71. The molecule has 29 heavy (non-hydrogen) atoms. The Bertz CT molecular complexity index is 993. The predicted octanol–water partition coefficient (Wildman–Crippen LogP) is 1.45. The molecule has 1 aliphatic rings. The highest BCUT2D eigenvalue weighted by Gasteiger charge is 2.37. The van der Waals surface area contributed by atoms with E-state index >= 15 is 0 Å². The Labute approximate surface area is 167 Å². The highest BCUT2D eigenvalue weighted by atomic mass is 16.5. The minimum absolute atomic E-state index is 0.0541. The molecule has 0 spiro atoms. The van der Waals surface area contributed by atoms with Crippen molar-refractivity contribution >= 4 is 11.7 Å². The summed E-state index contributed by atoms with van der Waals surface area (Å²) in [6, 6.07) is 12.3. The number of ether oxygens (including phenoxy) is 1. The Morgan fingerprint density at radius 2 is 2.03 bits per heavy atom. The molecule has 3 atom stereocenters. The number of benzene rings is 1. The number of likely N-dealkylation sites (N-methyl/N-ethyl adjacent to an activating group) is 1. The molecular weight excluding hydrogens is 374 g/mol. The fourth-order valence-corrected chi connectivity index (χ4v) is 3.18. The second-order valence-corrected chi connectivity index (χ2v) is 6.80. The lowest BCUT2D eigenvalue weighted by Gasteiger charge is -2.25. The number of amides is 1. The van der Waals surface area contributed by atoms with Crippen molar-refractivity contribution in [2.45, 2.75) is 31.7 Å². The zero-order valence-electron chi connectivity index (χ0n) is 16.0. The summed E-state index contributed by atoms with van der Waals surface area (Å²) in [6.45, 7) is 1.75. The fourth-order valence-electron chi connectivity index (χ4n) is 3.18. The molecule has 1 unspecified atom stereocenters. The largest absolute Gasteiger partial charge is 0.485 e. The maximum Gasteiger partial charge on any atom is 0.249 e. The number of nitrogens with zero attached hydrogens (tertiary/aromatic N) is 4. The smallest absolute Gasteiger partial charge is 0.249 e. The fraction of sp³-hybridized carbons (Fsp3) is 0.300. The lowest BCUT2D eigenvalue weighted by atomic mass is 10.1. The Hall–Kier alpha value is -3.30. The molecule has 2 aromatic heterocycles. The molecule has 0 bridgehead atoms. The van der Waals surface area contributed by atoms with Crippen molar-refractivity contribution in [2.75, 3.05) is 11.9 Å². The molecular formula is C20H21N5O4. The van der Waals surface area contributed by atoms with Crippen LogP contribution in [0.5, 0.6) is 5.75 Å². The van der Waals surface area contributed by atoms with Gasteiger partial charge in [0.2, 0.25) is 17.6 Å². The molecule has 9 nitrogen and oxygen atoms in total. The van der Waals surface area contributed by atoms with E-state index in [0.717, 1.165) is 5.56 Å². The molecule has 0 fully saturated rings. The van der Waals surface area contributed by atoms with E-state index in [2.05, 4.69) is 20.4 Å². The van der Waals surface area contributed by atoms with Crippen LogP contribution >= 0.6 is 0 Å². The maximum atomic E-state index is 12.9. The van der Waals surface area contributed by atoms with Gasteiger partial charge in [0, 0.05) is 13.2 Å². The molecule has 0 saturated heterocycles. The van der Waals surface area contributed by atoms with Crippen LogP contribution in [0.2, 0.25) is 0 Å². The van der Waals surface area contributed by atoms with Crippen molar-refractivity contribution in [1.82, 2.24) is 20.4 Å². The van der Waals surface area contributed by atoms with Gasteiger partial charge in [-0.05, 0) is 24.6 Å². The van der Waals surface area contributed by atoms with E-state index < -0.39 is 18.4 Å². The molecule has 0 aliphatic carbocycles. The van der Waals surface area contributed by atoms with Gasteiger partial charge in [-0.1, -0.05) is 35.5 Å². The van der Waals surface area contributed by atoms with E-state index in [9.17, 15) is 9.90 Å². The predicted molar refractivity (Wildman–Crippen MR) is 103 cm³/mol. The second-order valence-electron chi connectivity index (χ2n) is 6.80. The Kier molecular flexibility index (Phi) is 5.24. The van der Waals surface area contributed by atoms with Crippen LogP contribution in [0.1, 0.15) is 30.4 Å². The lowest BCUT2D eigenvalue weighted by molar-refractivity contribution is -0.123. The Balaban J connectivity index is 1.48. The van der Waals surface area contributed by atoms with E-state index in [1.165, 1.54) is 4.90 Å². The number of hydrogen-bond donors (Lipinski definition) is 2. The number of aliphatic hydroxyl groups excluding tert-OH is 1. The summed E-state index contributed by atoms with van der Waals surface area (Å²) in [4.78, 5) is 22.7. The first-order valence-electron chi connectivity index (χ1n) is 9.22. The highest BCUT2D eigenvalue weighted by Crippen LogP contribution is 2.30. The molecule has 4 rings (SSSR count). The number of pyridine rings is 1. The first-order valence-corrected chi connectivity index (χ1v) is 9.22. The summed E-state index contributed by atoms with van der Waals surface area (Å²) in [6.07, 6.45) is 0.186. The standard InChI is InChI=1S/C20H21N5O4/c1-12-16(20(27)25(2)18-14(28-12)9-6-10-21-18)23-19(26)17-22-15(29-24-17)11-13-7-4-3-5-8-13/h3-10,12,16,19,23,26H,11H2,1-2H3/t12-,16+,19?/m1/s1. The molecule has 0 saturated carbocycles. The molecule has 1 aromatic carbocycles. The van der Waals surface area contributed by atoms with Crippen molar-refractivity contribution in [2.24, 2.45) is 0 Å². The average molecular weight is 395 g/mol.